The van der Waals surface area contributed by atoms with Crippen molar-refractivity contribution in [3.8, 4) is 0 Å². The largest absolute Gasteiger partial charge is 1.00 e. The monoisotopic (exact) mass is 378 g/mol. The van der Waals surface area contributed by atoms with Gasteiger partial charge in [-0.15, -0.1) is 0 Å². The number of carbonyl (C=O) groups is 2. The number of carbonyl (C=O) groups excluding carboxylic acids is 2. The van der Waals surface area contributed by atoms with Crippen molar-refractivity contribution in [3.63, 3.8) is 0 Å². The van der Waals surface area contributed by atoms with Gasteiger partial charge in [-0.25, -0.2) is 0 Å². The fourth-order valence-corrected chi connectivity index (χ4v) is 2.37. The Bertz CT molecular complexity index is 337. The molecule has 4 N–H and O–H groups in total. The Morgan fingerprint density at radius 3 is 1.58 bits per heavy atom. The van der Waals surface area contributed by atoms with Crippen LogP contribution in [0.1, 0.15) is 96.8 Å². The minimum Gasteiger partial charge on any atom is -0.549 e. The second-order valence-corrected chi connectivity index (χ2v) is 6.38. The summed E-state index contributed by atoms with van der Waals surface area (Å²) in [7, 11) is 0. The van der Waals surface area contributed by atoms with Gasteiger partial charge in [0.25, 0.3) is 0 Å². The third kappa shape index (κ3) is 34.9. The van der Waals surface area contributed by atoms with E-state index in [1.807, 2.05) is 0 Å². The number of amides is 1. The van der Waals surface area contributed by atoms with Gasteiger partial charge < -0.3 is 21.4 Å². The van der Waals surface area contributed by atoms with Crippen LogP contribution in [0.2, 0.25) is 0 Å². The number of allylic oxidation sites excluding steroid dienone is 2. The summed E-state index contributed by atoms with van der Waals surface area (Å²) >= 11 is 0. The maximum Gasteiger partial charge on any atom is 1.00 e. The Hall–Kier alpha value is -0.360. The Balaban J connectivity index is -0.000000772. The van der Waals surface area contributed by atoms with Crippen molar-refractivity contribution in [1.82, 2.24) is 0 Å². The molecule has 0 rings (SSSR count). The van der Waals surface area contributed by atoms with Crippen LogP contribution in [0.3, 0.4) is 0 Å². The van der Waals surface area contributed by atoms with Gasteiger partial charge >= 0.3 is 29.6 Å². The molecule has 0 heterocycles. The minimum absolute atomic E-state index is 0. The first kappa shape index (κ1) is 30.4. The molecule has 6 heteroatoms. The molecule has 0 atom stereocenters. The summed E-state index contributed by atoms with van der Waals surface area (Å²) in [6, 6.07) is 0. The first-order valence-electron chi connectivity index (χ1n) is 9.87. The van der Waals surface area contributed by atoms with Crippen molar-refractivity contribution >= 4 is 11.9 Å². The maximum absolute atomic E-state index is 10.5. The van der Waals surface area contributed by atoms with Crippen LogP contribution in [-0.2, 0) is 9.59 Å². The van der Waals surface area contributed by atoms with Crippen LogP contribution in [-0.4, -0.2) is 18.4 Å². The predicted octanol–water partition coefficient (Wildman–Crippen LogP) is 0.208. The summed E-state index contributed by atoms with van der Waals surface area (Å²) in [5.41, 5.74) is 9.61. The Labute approximate surface area is 182 Å². The van der Waals surface area contributed by atoms with Gasteiger partial charge in [-0.3, -0.25) is 4.79 Å². The van der Waals surface area contributed by atoms with Crippen molar-refractivity contribution in [2.75, 3.05) is 6.54 Å². The summed E-state index contributed by atoms with van der Waals surface area (Å²) in [6.45, 7) is 1.88. The molecule has 0 spiro atoms. The molecule has 0 unspecified atom stereocenters. The summed E-state index contributed by atoms with van der Waals surface area (Å²) in [5, 5.41) is 9.13. The molecule has 0 aliphatic carbocycles. The van der Waals surface area contributed by atoms with Gasteiger partial charge in [0.2, 0.25) is 5.91 Å². The maximum atomic E-state index is 10.5. The number of carboxylic acid groups (broad SMARTS) is 1. The number of hydrogen-bond donors (Lipinski definition) is 2. The molecule has 0 bridgehead atoms. The first-order valence-corrected chi connectivity index (χ1v) is 9.87. The van der Waals surface area contributed by atoms with E-state index in [1.165, 1.54) is 70.6 Å². The number of primary amides is 1. The molecule has 26 heavy (non-hydrogen) atoms. The SMILES string of the molecule is CCCCCCCC/C=C\CCCCCCCC(N)=O.NCC(=O)[O-].[Na+]. The summed E-state index contributed by atoms with van der Waals surface area (Å²) < 4.78 is 0. The van der Waals surface area contributed by atoms with Crippen LogP contribution in [0.15, 0.2) is 12.2 Å². The number of aliphatic carboxylic acids is 1. The molecule has 0 aliphatic rings. The van der Waals surface area contributed by atoms with Gasteiger partial charge in [-0.1, -0.05) is 70.4 Å². The van der Waals surface area contributed by atoms with E-state index in [2.05, 4.69) is 24.8 Å². The quantitative estimate of drug-likeness (QED) is 0.227. The van der Waals surface area contributed by atoms with E-state index in [0.717, 1.165) is 12.8 Å². The predicted molar refractivity (Wildman–Crippen MR) is 103 cm³/mol. The van der Waals surface area contributed by atoms with E-state index >= 15 is 0 Å². The molecule has 148 valence electrons. The van der Waals surface area contributed by atoms with Crippen LogP contribution in [0.4, 0.5) is 0 Å². The normalized spacial score (nSPS) is 10.1. The summed E-state index contributed by atoms with van der Waals surface area (Å²) in [4.78, 5) is 19.7. The molecule has 0 fully saturated rings. The molecule has 0 aliphatic heterocycles. The number of nitrogens with two attached hydrogens (primary N) is 2. The van der Waals surface area contributed by atoms with Crippen molar-refractivity contribution in [2.24, 2.45) is 11.5 Å². The van der Waals surface area contributed by atoms with E-state index in [1.54, 1.807) is 0 Å². The molecule has 0 aromatic rings. The molecule has 0 aromatic carbocycles. The van der Waals surface area contributed by atoms with Gasteiger partial charge in [0.05, 0.1) is 5.97 Å². The van der Waals surface area contributed by atoms with Gasteiger partial charge in [0.15, 0.2) is 0 Å². The zero-order valence-electron chi connectivity index (χ0n) is 17.1. The molecule has 0 aromatic heterocycles. The van der Waals surface area contributed by atoms with Crippen molar-refractivity contribution < 1.29 is 44.3 Å². The second-order valence-electron chi connectivity index (χ2n) is 6.38. The smallest absolute Gasteiger partial charge is 0.549 e. The summed E-state index contributed by atoms with van der Waals surface area (Å²) in [5.74, 6) is -1.38. The van der Waals surface area contributed by atoms with Crippen LogP contribution in [0, 0.1) is 0 Å². The van der Waals surface area contributed by atoms with Crippen LogP contribution in [0.25, 0.3) is 0 Å². The van der Waals surface area contributed by atoms with Gasteiger partial charge in [-0.2, -0.15) is 0 Å². The van der Waals surface area contributed by atoms with Gasteiger partial charge in [-0.05, 0) is 32.1 Å². The number of unbranched alkanes of at least 4 members (excludes halogenated alkanes) is 11. The van der Waals surface area contributed by atoms with Gasteiger partial charge in [0, 0.05) is 13.0 Å². The third-order valence-electron chi connectivity index (χ3n) is 3.85. The molecular weight excluding hydrogens is 339 g/mol. The van der Waals surface area contributed by atoms with E-state index in [-0.39, 0.29) is 42.0 Å². The Kier molecular flexibility index (Phi) is 31.4. The Morgan fingerprint density at radius 1 is 0.808 bits per heavy atom. The zero-order chi connectivity index (χ0) is 19.2. The number of hydrogen-bond acceptors (Lipinski definition) is 4. The number of carboxylic acids is 1. The summed E-state index contributed by atoms with van der Waals surface area (Å²) in [6.07, 6.45) is 21.9. The molecule has 0 saturated carbocycles. The van der Waals surface area contributed by atoms with Crippen LogP contribution in [0.5, 0.6) is 0 Å². The fourth-order valence-electron chi connectivity index (χ4n) is 2.37. The standard InChI is InChI=1S/C18H35NO.C2H5NO2.Na/c1-2-3-4-5-6-7-8-9-10-11-12-13-14-15-16-17-18(19)20;3-1-2(4)5;/h9-10H,2-8,11-17H2,1H3,(H2,19,20);1,3H2,(H,4,5);/q;;+1/p-1/b10-9-;;. The average Bonchev–Trinajstić information content (AvgIpc) is 2.58. The first-order chi connectivity index (χ1) is 12.0. The van der Waals surface area contributed by atoms with E-state index in [9.17, 15) is 4.79 Å². The minimum atomic E-state index is -1.22. The van der Waals surface area contributed by atoms with Crippen molar-refractivity contribution in [3.05, 3.63) is 12.2 Å². The second kappa shape index (κ2) is 26.9. The van der Waals surface area contributed by atoms with Crippen molar-refractivity contribution in [2.45, 2.75) is 96.8 Å². The van der Waals surface area contributed by atoms with Crippen LogP contribution < -0.4 is 46.1 Å². The topological polar surface area (TPSA) is 109 Å². The molecule has 0 radical (unpaired) electrons. The average molecular weight is 379 g/mol. The van der Waals surface area contributed by atoms with Gasteiger partial charge in [0.1, 0.15) is 0 Å². The molecule has 5 nitrogen and oxygen atoms in total. The van der Waals surface area contributed by atoms with E-state index < -0.39 is 5.97 Å². The van der Waals surface area contributed by atoms with E-state index in [4.69, 9.17) is 15.6 Å². The van der Waals surface area contributed by atoms with E-state index in [0.29, 0.717) is 6.42 Å². The molecular formula is C20H39N2NaO3. The number of rotatable bonds is 16. The van der Waals surface area contributed by atoms with Crippen molar-refractivity contribution in [1.29, 1.82) is 0 Å². The molecule has 0 saturated heterocycles. The molecule has 1 amide bonds. The third-order valence-corrected chi connectivity index (χ3v) is 3.85. The Morgan fingerprint density at radius 2 is 1.19 bits per heavy atom. The van der Waals surface area contributed by atoms with Crippen LogP contribution >= 0.6 is 0 Å². The fraction of sp³-hybridized carbons (Fsp3) is 0.800. The zero-order valence-corrected chi connectivity index (χ0v) is 19.1.